The molecule has 0 spiro atoms. The lowest BCUT2D eigenvalue weighted by atomic mass is 9.84. The van der Waals surface area contributed by atoms with Crippen LogP contribution in [-0.2, 0) is 6.42 Å². The van der Waals surface area contributed by atoms with Crippen LogP contribution in [0.15, 0.2) is 66.0 Å². The molecule has 1 heterocycles. The fraction of sp³-hybridized carbons (Fsp3) is 0.308. The fourth-order valence-corrected chi connectivity index (χ4v) is 5.17. The molecule has 1 aromatic heterocycles. The fourth-order valence-electron chi connectivity index (χ4n) is 4.36. The van der Waals surface area contributed by atoms with Gasteiger partial charge in [-0.15, -0.1) is 11.3 Å². The minimum absolute atomic E-state index is 0.758. The van der Waals surface area contributed by atoms with Gasteiger partial charge in [0, 0.05) is 10.4 Å². The number of hydrogen-bond donors (Lipinski definition) is 0. The standard InChI is InChI=1S/C26H28S/c1-3-5-11-19(4-2)18-24-22-14-7-6-12-20(22)21-13-8-9-15-23(21)26(24)25-16-10-17-27-25/h6-10,12-17,19H,3-5,11,18H2,1-2H3. The third kappa shape index (κ3) is 3.53. The normalized spacial score (nSPS) is 12.7. The van der Waals surface area contributed by atoms with Crippen molar-refractivity contribution in [3.63, 3.8) is 0 Å². The average Bonchev–Trinajstić information content (AvgIpc) is 3.25. The maximum Gasteiger partial charge on any atom is 0.0351 e. The third-order valence-corrected chi connectivity index (χ3v) is 6.73. The van der Waals surface area contributed by atoms with Crippen LogP contribution in [0.25, 0.3) is 32.0 Å². The number of unbranched alkanes of at least 4 members (excludes halogenated alkanes) is 1. The summed E-state index contributed by atoms with van der Waals surface area (Å²) >= 11 is 1.87. The van der Waals surface area contributed by atoms with Crippen molar-refractivity contribution >= 4 is 32.9 Å². The molecule has 1 atom stereocenters. The van der Waals surface area contributed by atoms with Crippen LogP contribution < -0.4 is 0 Å². The van der Waals surface area contributed by atoms with E-state index in [9.17, 15) is 0 Å². The minimum atomic E-state index is 0.758. The summed E-state index contributed by atoms with van der Waals surface area (Å²) in [7, 11) is 0. The molecule has 4 rings (SSSR count). The Morgan fingerprint density at radius 3 is 2.07 bits per heavy atom. The average molecular weight is 373 g/mol. The van der Waals surface area contributed by atoms with Gasteiger partial charge < -0.3 is 0 Å². The van der Waals surface area contributed by atoms with Crippen molar-refractivity contribution in [1.29, 1.82) is 0 Å². The summed E-state index contributed by atoms with van der Waals surface area (Å²) in [6.45, 7) is 4.66. The van der Waals surface area contributed by atoms with E-state index in [1.165, 1.54) is 64.1 Å². The highest BCUT2D eigenvalue weighted by molar-refractivity contribution is 7.13. The van der Waals surface area contributed by atoms with Crippen molar-refractivity contribution in [2.45, 2.75) is 46.0 Å². The molecule has 0 radical (unpaired) electrons. The van der Waals surface area contributed by atoms with E-state index in [4.69, 9.17) is 0 Å². The smallest absolute Gasteiger partial charge is 0.0351 e. The van der Waals surface area contributed by atoms with Crippen LogP contribution in [-0.4, -0.2) is 0 Å². The molecule has 0 N–H and O–H groups in total. The van der Waals surface area contributed by atoms with Crippen molar-refractivity contribution < 1.29 is 0 Å². The lowest BCUT2D eigenvalue weighted by Gasteiger charge is -2.21. The molecule has 0 bridgehead atoms. The highest BCUT2D eigenvalue weighted by Crippen LogP contribution is 2.42. The van der Waals surface area contributed by atoms with Gasteiger partial charge in [0.15, 0.2) is 0 Å². The molecule has 0 saturated carbocycles. The molecule has 0 fully saturated rings. The predicted octanol–water partition coefficient (Wildman–Crippen LogP) is 8.48. The largest absolute Gasteiger partial charge is 0.144 e. The third-order valence-electron chi connectivity index (χ3n) is 5.84. The van der Waals surface area contributed by atoms with E-state index in [2.05, 4.69) is 79.9 Å². The van der Waals surface area contributed by atoms with Gasteiger partial charge in [-0.05, 0) is 50.9 Å². The lowest BCUT2D eigenvalue weighted by Crippen LogP contribution is -2.06. The Hall–Kier alpha value is -2.12. The van der Waals surface area contributed by atoms with Gasteiger partial charge in [0.25, 0.3) is 0 Å². The lowest BCUT2D eigenvalue weighted by molar-refractivity contribution is 0.451. The summed E-state index contributed by atoms with van der Waals surface area (Å²) in [5, 5.41) is 7.82. The zero-order chi connectivity index (χ0) is 18.6. The second kappa shape index (κ2) is 8.27. The maximum absolute atomic E-state index is 2.36. The Labute approximate surface area is 166 Å². The summed E-state index contributed by atoms with van der Waals surface area (Å²) in [5.74, 6) is 0.758. The van der Waals surface area contributed by atoms with Gasteiger partial charge in [-0.1, -0.05) is 94.1 Å². The van der Waals surface area contributed by atoms with Crippen molar-refractivity contribution in [3.05, 3.63) is 71.6 Å². The van der Waals surface area contributed by atoms with E-state index in [0.29, 0.717) is 0 Å². The molecule has 27 heavy (non-hydrogen) atoms. The highest BCUT2D eigenvalue weighted by Gasteiger charge is 2.19. The first-order valence-corrected chi connectivity index (χ1v) is 11.2. The van der Waals surface area contributed by atoms with Gasteiger partial charge in [0.1, 0.15) is 0 Å². The Morgan fingerprint density at radius 2 is 1.44 bits per heavy atom. The molecule has 0 amide bonds. The van der Waals surface area contributed by atoms with Crippen LogP contribution in [0.3, 0.4) is 0 Å². The molecular weight excluding hydrogens is 344 g/mol. The molecule has 0 aliphatic carbocycles. The second-order valence-corrected chi connectivity index (χ2v) is 8.49. The Bertz CT molecular complexity index is 1030. The Kier molecular flexibility index (Phi) is 5.59. The zero-order valence-corrected chi connectivity index (χ0v) is 17.2. The van der Waals surface area contributed by atoms with Gasteiger partial charge in [-0.2, -0.15) is 0 Å². The number of hydrogen-bond acceptors (Lipinski definition) is 1. The quantitative estimate of drug-likeness (QED) is 0.285. The molecule has 4 aromatic rings. The number of fused-ring (bicyclic) bond motifs is 3. The van der Waals surface area contributed by atoms with Crippen LogP contribution in [0.4, 0.5) is 0 Å². The van der Waals surface area contributed by atoms with Gasteiger partial charge in [0.05, 0.1) is 0 Å². The first kappa shape index (κ1) is 18.3. The van der Waals surface area contributed by atoms with Gasteiger partial charge in [0.2, 0.25) is 0 Å². The summed E-state index contributed by atoms with van der Waals surface area (Å²) in [5.41, 5.74) is 3.02. The van der Waals surface area contributed by atoms with E-state index in [1.807, 2.05) is 11.3 Å². The summed E-state index contributed by atoms with van der Waals surface area (Å²) in [6, 6.07) is 22.4. The zero-order valence-electron chi connectivity index (χ0n) is 16.4. The minimum Gasteiger partial charge on any atom is -0.144 e. The Morgan fingerprint density at radius 1 is 0.778 bits per heavy atom. The predicted molar refractivity (Wildman–Crippen MR) is 122 cm³/mol. The summed E-state index contributed by atoms with van der Waals surface area (Å²) < 4.78 is 0. The monoisotopic (exact) mass is 372 g/mol. The van der Waals surface area contributed by atoms with Crippen molar-refractivity contribution in [3.8, 4) is 10.4 Å². The first-order chi connectivity index (χ1) is 13.3. The van der Waals surface area contributed by atoms with E-state index < -0.39 is 0 Å². The van der Waals surface area contributed by atoms with Crippen LogP contribution in [0.2, 0.25) is 0 Å². The topological polar surface area (TPSA) is 0 Å². The molecule has 0 nitrogen and oxygen atoms in total. The van der Waals surface area contributed by atoms with Gasteiger partial charge in [-0.3, -0.25) is 0 Å². The first-order valence-electron chi connectivity index (χ1n) is 10.3. The maximum atomic E-state index is 2.36. The summed E-state index contributed by atoms with van der Waals surface area (Å²) in [6.07, 6.45) is 6.38. The van der Waals surface area contributed by atoms with Crippen molar-refractivity contribution in [1.82, 2.24) is 0 Å². The Balaban J connectivity index is 2.00. The van der Waals surface area contributed by atoms with Crippen LogP contribution in [0.5, 0.6) is 0 Å². The molecule has 138 valence electrons. The molecule has 0 saturated heterocycles. The van der Waals surface area contributed by atoms with Crippen molar-refractivity contribution in [2.75, 3.05) is 0 Å². The van der Waals surface area contributed by atoms with Gasteiger partial charge >= 0.3 is 0 Å². The van der Waals surface area contributed by atoms with Crippen molar-refractivity contribution in [2.24, 2.45) is 5.92 Å². The number of benzene rings is 3. The molecular formula is C26H28S. The number of thiophene rings is 1. The molecule has 1 unspecified atom stereocenters. The van der Waals surface area contributed by atoms with E-state index in [-0.39, 0.29) is 0 Å². The number of rotatable bonds is 7. The van der Waals surface area contributed by atoms with E-state index in [1.54, 1.807) is 5.56 Å². The highest BCUT2D eigenvalue weighted by atomic mass is 32.1. The van der Waals surface area contributed by atoms with Gasteiger partial charge in [-0.25, -0.2) is 0 Å². The molecule has 3 aromatic carbocycles. The molecule has 0 aliphatic heterocycles. The molecule has 0 aliphatic rings. The van der Waals surface area contributed by atoms with E-state index >= 15 is 0 Å². The molecule has 1 heteroatoms. The second-order valence-electron chi connectivity index (χ2n) is 7.54. The summed E-state index contributed by atoms with van der Waals surface area (Å²) in [4.78, 5) is 1.40. The van der Waals surface area contributed by atoms with Crippen LogP contribution >= 0.6 is 11.3 Å². The van der Waals surface area contributed by atoms with Crippen LogP contribution in [0.1, 0.15) is 45.1 Å². The SMILES string of the molecule is CCCCC(CC)Cc1c(-c2cccs2)c2ccccc2c2ccccc12. The van der Waals surface area contributed by atoms with Crippen LogP contribution in [0, 0.1) is 5.92 Å². The van der Waals surface area contributed by atoms with E-state index in [0.717, 1.165) is 5.92 Å².